The monoisotopic (exact) mass is 447 g/mol. The first-order valence-electron chi connectivity index (χ1n) is 10.4. The standard InChI is InChI=1S/C21H30ClN7O2/c1-13-7-8-28(20(31)16(23)10-21(2,3)4)18(13)19(30)24-11-14-9-15(22)5-6-17(14)29-12-25-26-27-29/h5-6,9,12-13,16,18H,7-8,10-11,23H2,1-4H3,(H,24,30)/t13-,16-,18?/m1/s1. The van der Waals surface area contributed by atoms with Crippen molar-refractivity contribution in [1.82, 2.24) is 30.4 Å². The van der Waals surface area contributed by atoms with E-state index in [1.165, 1.54) is 11.0 Å². The van der Waals surface area contributed by atoms with E-state index in [1.807, 2.05) is 27.7 Å². The number of aromatic nitrogens is 4. The molecule has 3 N–H and O–H groups in total. The number of nitrogens with zero attached hydrogens (tertiary/aromatic N) is 5. The number of carbonyl (C=O) groups excluding carboxylic acids is 2. The lowest BCUT2D eigenvalue weighted by atomic mass is 9.88. The summed E-state index contributed by atoms with van der Waals surface area (Å²) >= 11 is 6.16. The zero-order valence-corrected chi connectivity index (χ0v) is 19.1. The van der Waals surface area contributed by atoms with Crippen LogP contribution in [0.15, 0.2) is 24.5 Å². The van der Waals surface area contributed by atoms with Gasteiger partial charge in [0, 0.05) is 18.1 Å². The SMILES string of the molecule is C[C@@H]1CCN(C(=O)[C@H](N)CC(C)(C)C)C1C(=O)NCc1cc(Cl)ccc1-n1cnnn1. The Morgan fingerprint density at radius 3 is 2.74 bits per heavy atom. The number of tetrazole rings is 1. The van der Waals surface area contributed by atoms with Gasteiger partial charge in [0.1, 0.15) is 12.4 Å². The minimum atomic E-state index is -0.625. The third kappa shape index (κ3) is 5.59. The summed E-state index contributed by atoms with van der Waals surface area (Å²) in [5, 5.41) is 14.7. The number of hydrogen-bond donors (Lipinski definition) is 2. The Hall–Kier alpha value is -2.52. The summed E-state index contributed by atoms with van der Waals surface area (Å²) in [5.74, 6) is -0.329. The van der Waals surface area contributed by atoms with Gasteiger partial charge in [-0.3, -0.25) is 9.59 Å². The summed E-state index contributed by atoms with van der Waals surface area (Å²) in [6.07, 6.45) is 2.80. The Kier molecular flexibility index (Phi) is 6.96. The van der Waals surface area contributed by atoms with Crippen LogP contribution >= 0.6 is 11.6 Å². The van der Waals surface area contributed by atoms with Crippen molar-refractivity contribution in [2.75, 3.05) is 6.54 Å². The summed E-state index contributed by atoms with van der Waals surface area (Å²) in [6, 6.07) is 4.12. The van der Waals surface area contributed by atoms with Gasteiger partial charge >= 0.3 is 0 Å². The quantitative estimate of drug-likeness (QED) is 0.698. The average molecular weight is 448 g/mol. The molecule has 1 aliphatic heterocycles. The van der Waals surface area contributed by atoms with Gasteiger partial charge in [0.15, 0.2) is 0 Å². The van der Waals surface area contributed by atoms with E-state index in [-0.39, 0.29) is 29.7 Å². The molecule has 1 unspecified atom stereocenters. The van der Waals surface area contributed by atoms with Crippen LogP contribution in [0.4, 0.5) is 0 Å². The molecule has 0 bridgehead atoms. The molecule has 1 aromatic heterocycles. The minimum Gasteiger partial charge on any atom is -0.350 e. The summed E-state index contributed by atoms with van der Waals surface area (Å²) in [7, 11) is 0. The molecule has 3 atom stereocenters. The second-order valence-corrected chi connectivity index (χ2v) is 9.80. The van der Waals surface area contributed by atoms with Gasteiger partial charge in [-0.2, -0.15) is 0 Å². The summed E-state index contributed by atoms with van der Waals surface area (Å²) in [5.41, 5.74) is 7.60. The third-order valence-electron chi connectivity index (χ3n) is 5.49. The molecular formula is C21H30ClN7O2. The Labute approximate surface area is 187 Å². The molecule has 0 radical (unpaired) electrons. The van der Waals surface area contributed by atoms with Gasteiger partial charge in [0.25, 0.3) is 0 Å². The van der Waals surface area contributed by atoms with E-state index in [0.29, 0.717) is 23.7 Å². The number of nitrogens with two attached hydrogens (primary N) is 1. The van der Waals surface area contributed by atoms with Crippen molar-refractivity contribution in [1.29, 1.82) is 0 Å². The number of amides is 2. The van der Waals surface area contributed by atoms with Crippen molar-refractivity contribution in [2.24, 2.45) is 17.1 Å². The van der Waals surface area contributed by atoms with Gasteiger partial charge in [-0.1, -0.05) is 39.3 Å². The van der Waals surface area contributed by atoms with Gasteiger partial charge in [0.05, 0.1) is 11.7 Å². The first-order valence-corrected chi connectivity index (χ1v) is 10.8. The minimum absolute atomic E-state index is 0.0455. The molecule has 9 nitrogen and oxygen atoms in total. The van der Waals surface area contributed by atoms with E-state index in [4.69, 9.17) is 17.3 Å². The van der Waals surface area contributed by atoms with Crippen LogP contribution in [0.2, 0.25) is 5.02 Å². The molecule has 2 aromatic rings. The van der Waals surface area contributed by atoms with Crippen LogP contribution in [0, 0.1) is 11.3 Å². The van der Waals surface area contributed by atoms with Crippen molar-refractivity contribution < 1.29 is 9.59 Å². The predicted molar refractivity (Wildman–Crippen MR) is 117 cm³/mol. The molecule has 1 saturated heterocycles. The van der Waals surface area contributed by atoms with E-state index in [0.717, 1.165) is 12.0 Å². The smallest absolute Gasteiger partial charge is 0.243 e. The Balaban J connectivity index is 1.72. The van der Waals surface area contributed by atoms with E-state index >= 15 is 0 Å². The number of halogens is 1. The lowest BCUT2D eigenvalue weighted by Gasteiger charge is -2.30. The van der Waals surface area contributed by atoms with Crippen molar-refractivity contribution in [3.63, 3.8) is 0 Å². The van der Waals surface area contributed by atoms with Gasteiger partial charge in [0.2, 0.25) is 11.8 Å². The van der Waals surface area contributed by atoms with Crippen LogP contribution in [0.25, 0.3) is 5.69 Å². The molecule has 3 rings (SSSR count). The molecule has 1 aliphatic rings. The maximum atomic E-state index is 13.1. The van der Waals surface area contributed by atoms with E-state index in [2.05, 4.69) is 20.8 Å². The van der Waals surface area contributed by atoms with Crippen molar-refractivity contribution in [2.45, 2.75) is 59.2 Å². The van der Waals surface area contributed by atoms with Gasteiger partial charge < -0.3 is 16.0 Å². The number of rotatable bonds is 6. The maximum absolute atomic E-state index is 13.1. The van der Waals surface area contributed by atoms with Gasteiger partial charge in [-0.15, -0.1) is 5.10 Å². The first kappa shape index (κ1) is 23.1. The van der Waals surface area contributed by atoms with Crippen molar-refractivity contribution in [3.8, 4) is 5.69 Å². The highest BCUT2D eigenvalue weighted by Crippen LogP contribution is 2.27. The van der Waals surface area contributed by atoms with Crippen LogP contribution in [0.5, 0.6) is 0 Å². The van der Waals surface area contributed by atoms with E-state index in [1.54, 1.807) is 23.1 Å². The summed E-state index contributed by atoms with van der Waals surface area (Å²) in [6.45, 7) is 8.88. The van der Waals surface area contributed by atoms with E-state index < -0.39 is 12.1 Å². The van der Waals surface area contributed by atoms with Crippen LogP contribution < -0.4 is 11.1 Å². The zero-order chi connectivity index (χ0) is 22.8. The fourth-order valence-electron chi connectivity index (χ4n) is 4.03. The molecule has 1 fully saturated rings. The number of carbonyl (C=O) groups is 2. The second-order valence-electron chi connectivity index (χ2n) is 9.36. The largest absolute Gasteiger partial charge is 0.350 e. The Morgan fingerprint density at radius 2 is 2.10 bits per heavy atom. The van der Waals surface area contributed by atoms with Crippen LogP contribution in [-0.2, 0) is 16.1 Å². The molecule has 0 spiro atoms. The second kappa shape index (κ2) is 9.32. The molecule has 168 valence electrons. The fraction of sp³-hybridized carbons (Fsp3) is 0.571. The predicted octanol–water partition coefficient (Wildman–Crippen LogP) is 1.93. The third-order valence-corrected chi connectivity index (χ3v) is 5.73. The van der Waals surface area contributed by atoms with Crippen LogP contribution in [0.3, 0.4) is 0 Å². The molecular weight excluding hydrogens is 418 g/mol. The lowest BCUT2D eigenvalue weighted by Crippen LogP contribution is -2.53. The highest BCUT2D eigenvalue weighted by molar-refractivity contribution is 6.30. The molecule has 2 amide bonds. The van der Waals surface area contributed by atoms with Crippen LogP contribution in [0.1, 0.15) is 46.1 Å². The van der Waals surface area contributed by atoms with Crippen molar-refractivity contribution >= 4 is 23.4 Å². The number of hydrogen-bond acceptors (Lipinski definition) is 6. The first-order chi connectivity index (χ1) is 14.6. The maximum Gasteiger partial charge on any atom is 0.243 e. The fourth-order valence-corrected chi connectivity index (χ4v) is 4.23. The van der Waals surface area contributed by atoms with Gasteiger partial charge in [-0.25, -0.2) is 4.68 Å². The summed E-state index contributed by atoms with van der Waals surface area (Å²) in [4.78, 5) is 27.7. The van der Waals surface area contributed by atoms with E-state index in [9.17, 15) is 9.59 Å². The number of likely N-dealkylation sites (tertiary alicyclic amines) is 1. The highest BCUT2D eigenvalue weighted by atomic mass is 35.5. The summed E-state index contributed by atoms with van der Waals surface area (Å²) < 4.78 is 1.51. The Bertz CT molecular complexity index is 926. The van der Waals surface area contributed by atoms with Crippen LogP contribution in [-0.4, -0.2) is 55.5 Å². The number of benzene rings is 1. The molecule has 2 heterocycles. The molecule has 1 aromatic carbocycles. The van der Waals surface area contributed by atoms with Gasteiger partial charge in [-0.05, 0) is 58.4 Å². The molecule has 10 heteroatoms. The topological polar surface area (TPSA) is 119 Å². The Morgan fingerprint density at radius 1 is 1.35 bits per heavy atom. The molecule has 0 aliphatic carbocycles. The lowest BCUT2D eigenvalue weighted by molar-refractivity contribution is -0.140. The van der Waals surface area contributed by atoms with Crippen molar-refractivity contribution in [3.05, 3.63) is 35.1 Å². The molecule has 0 saturated carbocycles. The number of nitrogens with one attached hydrogen (secondary N) is 1. The average Bonchev–Trinajstić information content (AvgIpc) is 3.34. The molecule has 31 heavy (non-hydrogen) atoms. The zero-order valence-electron chi connectivity index (χ0n) is 18.4. The normalized spacial score (nSPS) is 20.0. The highest BCUT2D eigenvalue weighted by Gasteiger charge is 2.41.